The van der Waals surface area contributed by atoms with Crippen molar-refractivity contribution in [3.63, 3.8) is 0 Å². The van der Waals surface area contributed by atoms with E-state index in [-0.39, 0.29) is 23.6 Å². The lowest BCUT2D eigenvalue weighted by atomic mass is 10.2. The molecule has 18 heavy (non-hydrogen) atoms. The smallest absolute Gasteiger partial charge is 0.422 e. The number of nitrogens with two attached hydrogens (primary N) is 1. The van der Waals surface area contributed by atoms with Crippen molar-refractivity contribution in [3.05, 3.63) is 23.8 Å². The Labute approximate surface area is 102 Å². The molecule has 0 fully saturated rings. The first-order valence-corrected chi connectivity index (χ1v) is 4.97. The van der Waals surface area contributed by atoms with Gasteiger partial charge in [0.05, 0.1) is 12.2 Å². The van der Waals surface area contributed by atoms with Crippen molar-refractivity contribution < 1.29 is 29.0 Å². The molecule has 0 amide bonds. The maximum atomic E-state index is 11.2. The van der Waals surface area contributed by atoms with E-state index in [1.165, 1.54) is 19.1 Å². The topological polar surface area (TPSA) is 116 Å². The average molecular weight is 253 g/mol. The van der Waals surface area contributed by atoms with Gasteiger partial charge in [-0.25, -0.2) is 14.4 Å². The van der Waals surface area contributed by atoms with Gasteiger partial charge in [-0.15, -0.1) is 0 Å². The van der Waals surface area contributed by atoms with Gasteiger partial charge in [0, 0.05) is 5.69 Å². The van der Waals surface area contributed by atoms with Crippen molar-refractivity contribution in [2.75, 3.05) is 12.3 Å². The summed E-state index contributed by atoms with van der Waals surface area (Å²) in [4.78, 5) is 33.0. The summed E-state index contributed by atoms with van der Waals surface area (Å²) in [6, 6.07) is 3.59. The van der Waals surface area contributed by atoms with Crippen LogP contribution in [0.5, 0.6) is 5.75 Å². The lowest BCUT2D eigenvalue weighted by Gasteiger charge is -2.06. The number of anilines is 1. The zero-order valence-corrected chi connectivity index (χ0v) is 9.50. The van der Waals surface area contributed by atoms with Crippen LogP contribution in [-0.4, -0.2) is 29.6 Å². The van der Waals surface area contributed by atoms with Crippen molar-refractivity contribution >= 4 is 23.6 Å². The Morgan fingerprint density at radius 1 is 1.28 bits per heavy atom. The Morgan fingerprint density at radius 2 is 1.94 bits per heavy atom. The summed E-state index contributed by atoms with van der Waals surface area (Å²) in [5, 5.41) is 8.81. The molecule has 7 nitrogen and oxygen atoms in total. The van der Waals surface area contributed by atoms with Gasteiger partial charge in [0.2, 0.25) is 0 Å². The molecule has 0 aromatic heterocycles. The van der Waals surface area contributed by atoms with Crippen molar-refractivity contribution in [2.45, 2.75) is 6.92 Å². The summed E-state index contributed by atoms with van der Waals surface area (Å²) >= 11 is 0. The summed E-state index contributed by atoms with van der Waals surface area (Å²) in [7, 11) is 0. The maximum absolute atomic E-state index is 11.2. The number of carbonyl (C=O) groups excluding carboxylic acids is 2. The van der Waals surface area contributed by atoms with Crippen LogP contribution in [0.2, 0.25) is 0 Å². The van der Waals surface area contributed by atoms with Crippen molar-refractivity contribution in [2.24, 2.45) is 0 Å². The average Bonchev–Trinajstić information content (AvgIpc) is 2.31. The Morgan fingerprint density at radius 3 is 2.50 bits per heavy atom. The van der Waals surface area contributed by atoms with Gasteiger partial charge in [-0.3, -0.25) is 0 Å². The Hall–Kier alpha value is -2.57. The monoisotopic (exact) mass is 253 g/mol. The van der Waals surface area contributed by atoms with E-state index in [0.29, 0.717) is 0 Å². The van der Waals surface area contributed by atoms with Crippen LogP contribution in [0.4, 0.5) is 5.69 Å². The van der Waals surface area contributed by atoms with Gasteiger partial charge < -0.3 is 20.3 Å². The molecule has 0 aliphatic carbocycles. The molecule has 0 aliphatic heterocycles. The second kappa shape index (κ2) is 5.67. The highest BCUT2D eigenvalue weighted by Gasteiger charge is 2.18. The number of carboxylic acid groups (broad SMARTS) is 1. The molecule has 1 rings (SSSR count). The number of nitrogen functional groups attached to an aromatic ring is 1. The molecule has 0 atom stereocenters. The molecule has 0 saturated heterocycles. The molecule has 0 unspecified atom stereocenters. The minimum atomic E-state index is -1.26. The van der Waals surface area contributed by atoms with Crippen LogP contribution in [0.15, 0.2) is 18.2 Å². The standard InChI is InChI=1S/C11H11NO6/c1-2-17-10(15)11(16)18-6-3-4-8(12)7(5-6)9(13)14/h3-5H,2,12H2,1H3,(H,13,14). The first-order chi connectivity index (χ1) is 8.45. The molecular formula is C11H11NO6. The molecule has 0 spiro atoms. The number of hydrogen-bond acceptors (Lipinski definition) is 6. The van der Waals surface area contributed by atoms with Gasteiger partial charge >= 0.3 is 17.9 Å². The van der Waals surface area contributed by atoms with E-state index >= 15 is 0 Å². The molecule has 3 N–H and O–H groups in total. The van der Waals surface area contributed by atoms with Crippen LogP contribution < -0.4 is 10.5 Å². The number of carboxylic acids is 1. The fraction of sp³-hybridized carbons (Fsp3) is 0.182. The van der Waals surface area contributed by atoms with Crippen LogP contribution in [0.3, 0.4) is 0 Å². The number of carbonyl (C=O) groups is 3. The zero-order valence-electron chi connectivity index (χ0n) is 9.50. The van der Waals surface area contributed by atoms with Crippen LogP contribution in [-0.2, 0) is 14.3 Å². The Bertz CT molecular complexity index is 496. The second-order valence-corrected chi connectivity index (χ2v) is 3.16. The zero-order chi connectivity index (χ0) is 13.7. The van der Waals surface area contributed by atoms with E-state index in [1.54, 1.807) is 0 Å². The molecule has 7 heteroatoms. The predicted octanol–water partition coefficient (Wildman–Crippen LogP) is 0.435. The van der Waals surface area contributed by atoms with Gasteiger partial charge in [-0.2, -0.15) is 0 Å². The highest BCUT2D eigenvalue weighted by atomic mass is 16.6. The maximum Gasteiger partial charge on any atom is 0.422 e. The molecule has 0 radical (unpaired) electrons. The molecule has 0 bridgehead atoms. The van der Waals surface area contributed by atoms with Gasteiger partial charge in [-0.05, 0) is 25.1 Å². The summed E-state index contributed by atoms with van der Waals surface area (Å²) < 4.78 is 9.06. The minimum Gasteiger partial charge on any atom is -0.478 e. The van der Waals surface area contributed by atoms with E-state index < -0.39 is 17.9 Å². The highest BCUT2D eigenvalue weighted by Crippen LogP contribution is 2.19. The first kappa shape index (κ1) is 13.5. The minimum absolute atomic E-state index is 0.0263. The van der Waals surface area contributed by atoms with Crippen LogP contribution in [0, 0.1) is 0 Å². The third-order valence-corrected chi connectivity index (χ3v) is 1.91. The quantitative estimate of drug-likeness (QED) is 0.347. The summed E-state index contributed by atoms with van der Waals surface area (Å²) in [5.41, 5.74) is 5.22. The molecular weight excluding hydrogens is 242 g/mol. The summed E-state index contributed by atoms with van der Waals surface area (Å²) in [6.45, 7) is 1.58. The second-order valence-electron chi connectivity index (χ2n) is 3.16. The first-order valence-electron chi connectivity index (χ1n) is 4.97. The number of aromatic carboxylic acids is 1. The van der Waals surface area contributed by atoms with Crippen LogP contribution in [0.25, 0.3) is 0 Å². The van der Waals surface area contributed by atoms with E-state index in [2.05, 4.69) is 9.47 Å². The van der Waals surface area contributed by atoms with Gasteiger partial charge in [0.15, 0.2) is 0 Å². The molecule has 1 aromatic rings. The highest BCUT2D eigenvalue weighted by molar-refractivity contribution is 6.30. The number of esters is 2. The Balaban J connectivity index is 2.86. The largest absolute Gasteiger partial charge is 0.478 e. The van der Waals surface area contributed by atoms with Crippen molar-refractivity contribution in [1.82, 2.24) is 0 Å². The summed E-state index contributed by atoms with van der Waals surface area (Å²) in [6.07, 6.45) is 0. The van der Waals surface area contributed by atoms with Crippen LogP contribution in [0.1, 0.15) is 17.3 Å². The van der Waals surface area contributed by atoms with Crippen molar-refractivity contribution in [3.8, 4) is 5.75 Å². The molecule has 0 aliphatic rings. The van der Waals surface area contributed by atoms with E-state index in [0.717, 1.165) is 6.07 Å². The third kappa shape index (κ3) is 3.21. The van der Waals surface area contributed by atoms with E-state index in [4.69, 9.17) is 10.8 Å². The molecule has 0 saturated carbocycles. The summed E-state index contributed by atoms with van der Waals surface area (Å²) in [5.74, 6) is -3.73. The predicted molar refractivity (Wildman–Crippen MR) is 60.1 cm³/mol. The molecule has 0 heterocycles. The lowest BCUT2D eigenvalue weighted by Crippen LogP contribution is -2.23. The lowest BCUT2D eigenvalue weighted by molar-refractivity contribution is -0.161. The van der Waals surface area contributed by atoms with E-state index in [1.807, 2.05) is 0 Å². The van der Waals surface area contributed by atoms with Gasteiger partial charge in [0.1, 0.15) is 5.75 Å². The van der Waals surface area contributed by atoms with Gasteiger partial charge in [0.25, 0.3) is 0 Å². The number of hydrogen-bond donors (Lipinski definition) is 2. The van der Waals surface area contributed by atoms with Crippen molar-refractivity contribution in [1.29, 1.82) is 0 Å². The fourth-order valence-corrected chi connectivity index (χ4v) is 1.12. The number of ether oxygens (including phenoxy) is 2. The molecule has 1 aromatic carbocycles. The van der Waals surface area contributed by atoms with E-state index in [9.17, 15) is 14.4 Å². The molecule has 96 valence electrons. The Kier molecular flexibility index (Phi) is 4.25. The fourth-order valence-electron chi connectivity index (χ4n) is 1.12. The third-order valence-electron chi connectivity index (χ3n) is 1.91. The SMILES string of the molecule is CCOC(=O)C(=O)Oc1ccc(N)c(C(=O)O)c1. The number of benzene rings is 1. The number of rotatable bonds is 3. The van der Waals surface area contributed by atoms with Crippen LogP contribution >= 0.6 is 0 Å². The van der Waals surface area contributed by atoms with Gasteiger partial charge in [-0.1, -0.05) is 0 Å². The normalized spacial score (nSPS) is 9.61.